The Labute approximate surface area is 81.9 Å². The number of fused-ring (bicyclic) bond motifs is 1. The first-order valence-corrected chi connectivity index (χ1v) is 5.44. The molecule has 2 unspecified atom stereocenters. The number of piperazine rings is 1. The van der Waals surface area contributed by atoms with E-state index in [-0.39, 0.29) is 0 Å². The van der Waals surface area contributed by atoms with E-state index in [9.17, 15) is 0 Å². The van der Waals surface area contributed by atoms with Crippen molar-refractivity contribution >= 4 is 0 Å². The Bertz CT molecular complexity index is 193. The van der Waals surface area contributed by atoms with Gasteiger partial charge in [0.1, 0.15) is 0 Å². The molecule has 0 aromatic heterocycles. The minimum Gasteiger partial charge on any atom is -0.298 e. The lowest BCUT2D eigenvalue weighted by Crippen LogP contribution is -2.40. The average Bonchev–Trinajstić information content (AvgIpc) is 2.48. The highest BCUT2D eigenvalue weighted by Crippen LogP contribution is 2.42. The molecule has 2 fully saturated rings. The highest BCUT2D eigenvalue weighted by atomic mass is 15.5. The second kappa shape index (κ2) is 2.71. The van der Waals surface area contributed by atoms with E-state index in [1.54, 1.807) is 0 Å². The molecule has 2 saturated heterocycles. The third-order valence-corrected chi connectivity index (χ3v) is 3.42. The predicted molar refractivity (Wildman–Crippen MR) is 55.9 cm³/mol. The molecule has 0 radical (unpaired) electrons. The maximum Gasteiger partial charge on any atom is 0.0401 e. The van der Waals surface area contributed by atoms with Gasteiger partial charge in [0, 0.05) is 36.8 Å². The molecule has 0 saturated carbocycles. The molecule has 2 rings (SSSR count). The molecule has 13 heavy (non-hydrogen) atoms. The van der Waals surface area contributed by atoms with Crippen LogP contribution in [-0.2, 0) is 0 Å². The van der Waals surface area contributed by atoms with E-state index in [0.717, 1.165) is 18.1 Å². The summed E-state index contributed by atoms with van der Waals surface area (Å²) in [4.78, 5) is 5.25. The van der Waals surface area contributed by atoms with Crippen LogP contribution in [0.2, 0.25) is 0 Å². The van der Waals surface area contributed by atoms with Crippen LogP contribution in [0.1, 0.15) is 34.6 Å². The van der Waals surface area contributed by atoms with Gasteiger partial charge < -0.3 is 0 Å². The first kappa shape index (κ1) is 9.47. The maximum atomic E-state index is 2.66. The summed E-state index contributed by atoms with van der Waals surface area (Å²) in [5.41, 5.74) is 0.387. The highest BCUT2D eigenvalue weighted by Gasteiger charge is 2.57. The second-order valence-electron chi connectivity index (χ2n) is 5.76. The summed E-state index contributed by atoms with van der Waals surface area (Å²) in [5.74, 6) is 0. The zero-order chi connectivity index (χ0) is 9.80. The second-order valence-corrected chi connectivity index (χ2v) is 5.76. The fourth-order valence-electron chi connectivity index (χ4n) is 2.73. The van der Waals surface area contributed by atoms with Crippen molar-refractivity contribution in [3.63, 3.8) is 0 Å². The molecule has 2 aliphatic rings. The van der Waals surface area contributed by atoms with Crippen LogP contribution in [0.5, 0.6) is 0 Å². The Morgan fingerprint density at radius 2 is 1.54 bits per heavy atom. The van der Waals surface area contributed by atoms with Gasteiger partial charge in [-0.2, -0.15) is 0 Å². The van der Waals surface area contributed by atoms with Gasteiger partial charge in [0.05, 0.1) is 0 Å². The van der Waals surface area contributed by atoms with Crippen LogP contribution in [0.25, 0.3) is 0 Å². The third kappa shape index (κ3) is 1.50. The molecular weight excluding hydrogens is 160 g/mol. The Balaban J connectivity index is 1.91. The van der Waals surface area contributed by atoms with Crippen molar-refractivity contribution < 1.29 is 0 Å². The van der Waals surface area contributed by atoms with E-state index in [1.807, 2.05) is 0 Å². The van der Waals surface area contributed by atoms with Gasteiger partial charge in [-0.3, -0.25) is 9.80 Å². The fourth-order valence-corrected chi connectivity index (χ4v) is 2.73. The highest BCUT2D eigenvalue weighted by molar-refractivity contribution is 5.14. The molecule has 0 aliphatic carbocycles. The van der Waals surface area contributed by atoms with Crippen LogP contribution in [0.3, 0.4) is 0 Å². The topological polar surface area (TPSA) is 6.25 Å². The van der Waals surface area contributed by atoms with Crippen LogP contribution >= 0.6 is 0 Å². The van der Waals surface area contributed by atoms with Gasteiger partial charge in [-0.25, -0.2) is 0 Å². The first-order valence-electron chi connectivity index (χ1n) is 5.44. The Morgan fingerprint density at radius 1 is 1.08 bits per heavy atom. The number of rotatable bonds is 1. The van der Waals surface area contributed by atoms with Crippen molar-refractivity contribution in [2.75, 3.05) is 13.1 Å². The summed E-state index contributed by atoms with van der Waals surface area (Å²) >= 11 is 0. The summed E-state index contributed by atoms with van der Waals surface area (Å²) in [6, 6.07) is 2.46. The zero-order valence-corrected chi connectivity index (χ0v) is 9.54. The van der Waals surface area contributed by atoms with Gasteiger partial charge in [0.2, 0.25) is 0 Å². The summed E-state index contributed by atoms with van der Waals surface area (Å²) in [6.07, 6.45) is 0. The van der Waals surface area contributed by atoms with Crippen molar-refractivity contribution in [1.82, 2.24) is 9.80 Å². The standard InChI is InChI=1S/C11H22N2/c1-8(2)12-6-9-10(7-12)13(9)11(3,4)5/h8-10H,6-7H2,1-5H3. The summed E-state index contributed by atoms with van der Waals surface area (Å²) in [7, 11) is 0. The summed E-state index contributed by atoms with van der Waals surface area (Å²) < 4.78 is 0. The van der Waals surface area contributed by atoms with Gasteiger partial charge in [-0.15, -0.1) is 0 Å². The largest absolute Gasteiger partial charge is 0.298 e. The van der Waals surface area contributed by atoms with Gasteiger partial charge in [0.15, 0.2) is 0 Å². The lowest BCUT2D eigenvalue weighted by molar-refractivity contribution is 0.166. The summed E-state index contributed by atoms with van der Waals surface area (Å²) in [5, 5.41) is 0. The number of nitrogens with zero attached hydrogens (tertiary/aromatic N) is 2. The van der Waals surface area contributed by atoms with Crippen LogP contribution in [0.15, 0.2) is 0 Å². The van der Waals surface area contributed by atoms with Crippen LogP contribution in [0.4, 0.5) is 0 Å². The normalized spacial score (nSPS) is 39.7. The zero-order valence-electron chi connectivity index (χ0n) is 9.54. The van der Waals surface area contributed by atoms with Gasteiger partial charge in [-0.05, 0) is 34.6 Å². The van der Waals surface area contributed by atoms with Crippen molar-refractivity contribution in [3.8, 4) is 0 Å². The molecule has 0 aromatic rings. The Kier molecular flexibility index (Phi) is 1.97. The quantitative estimate of drug-likeness (QED) is 0.568. The van der Waals surface area contributed by atoms with E-state index >= 15 is 0 Å². The molecule has 76 valence electrons. The molecule has 2 nitrogen and oxygen atoms in total. The predicted octanol–water partition coefficient (Wildman–Crippen LogP) is 1.56. The van der Waals surface area contributed by atoms with Gasteiger partial charge >= 0.3 is 0 Å². The Morgan fingerprint density at radius 3 is 1.85 bits per heavy atom. The first-order chi connectivity index (χ1) is 5.91. The van der Waals surface area contributed by atoms with E-state index in [1.165, 1.54) is 13.1 Å². The third-order valence-electron chi connectivity index (χ3n) is 3.42. The fraction of sp³-hybridized carbons (Fsp3) is 1.00. The number of likely N-dealkylation sites (tertiary alicyclic amines) is 1. The lowest BCUT2D eigenvalue weighted by atomic mass is 10.1. The molecular formula is C11H22N2. The Hall–Kier alpha value is -0.0800. The molecule has 2 heteroatoms. The van der Waals surface area contributed by atoms with Crippen molar-refractivity contribution in [2.45, 2.75) is 58.3 Å². The SMILES string of the molecule is CC(C)N1CC2C(C1)N2C(C)(C)C. The molecule has 2 heterocycles. The van der Waals surface area contributed by atoms with E-state index < -0.39 is 0 Å². The van der Waals surface area contributed by atoms with Gasteiger partial charge in [0.25, 0.3) is 0 Å². The van der Waals surface area contributed by atoms with Crippen LogP contribution in [0, 0.1) is 0 Å². The monoisotopic (exact) mass is 182 g/mol. The average molecular weight is 182 g/mol. The van der Waals surface area contributed by atoms with E-state index in [4.69, 9.17) is 0 Å². The molecule has 0 bridgehead atoms. The number of hydrogen-bond donors (Lipinski definition) is 0. The van der Waals surface area contributed by atoms with Crippen molar-refractivity contribution in [1.29, 1.82) is 0 Å². The maximum absolute atomic E-state index is 2.66. The van der Waals surface area contributed by atoms with Crippen LogP contribution in [-0.4, -0.2) is 46.6 Å². The van der Waals surface area contributed by atoms with Gasteiger partial charge in [-0.1, -0.05) is 0 Å². The van der Waals surface area contributed by atoms with Crippen molar-refractivity contribution in [3.05, 3.63) is 0 Å². The molecule has 2 atom stereocenters. The minimum atomic E-state index is 0.387. The molecule has 0 N–H and O–H groups in total. The molecule has 0 amide bonds. The summed E-state index contributed by atoms with van der Waals surface area (Å²) in [6.45, 7) is 14.2. The lowest BCUT2D eigenvalue weighted by Gasteiger charge is -2.30. The molecule has 0 spiro atoms. The van der Waals surface area contributed by atoms with Crippen molar-refractivity contribution in [2.24, 2.45) is 0 Å². The van der Waals surface area contributed by atoms with Crippen LogP contribution < -0.4 is 0 Å². The van der Waals surface area contributed by atoms with E-state index in [0.29, 0.717) is 5.54 Å². The molecule has 0 aromatic carbocycles. The smallest absolute Gasteiger partial charge is 0.0401 e. The molecule has 2 aliphatic heterocycles. The van der Waals surface area contributed by atoms with E-state index in [2.05, 4.69) is 44.4 Å². The number of hydrogen-bond acceptors (Lipinski definition) is 2. The minimum absolute atomic E-state index is 0.387.